The molecule has 2 amide bonds. The van der Waals surface area contributed by atoms with Gasteiger partial charge in [-0.15, -0.1) is 12.3 Å². The summed E-state index contributed by atoms with van der Waals surface area (Å²) in [6, 6.07) is 3.00. The summed E-state index contributed by atoms with van der Waals surface area (Å²) in [4.78, 5) is 25.9. The molecule has 2 aliphatic rings. The molecule has 0 radical (unpaired) electrons. The molecule has 3 aromatic rings. The Morgan fingerprint density at radius 1 is 1.41 bits per heavy atom. The van der Waals surface area contributed by atoms with E-state index in [0.29, 0.717) is 42.7 Å². The third kappa shape index (κ3) is 4.18. The predicted octanol–water partition coefficient (Wildman–Crippen LogP) is 4.90. The van der Waals surface area contributed by atoms with Crippen molar-refractivity contribution >= 4 is 28.9 Å². The zero-order chi connectivity index (χ0) is 23.9. The fourth-order valence-corrected chi connectivity index (χ4v) is 4.62. The van der Waals surface area contributed by atoms with Crippen molar-refractivity contribution in [2.45, 2.75) is 46.0 Å². The summed E-state index contributed by atoms with van der Waals surface area (Å²) in [5, 5.41) is 2.83. The lowest BCUT2D eigenvalue weighted by molar-refractivity contribution is 0.257. The second-order valence-electron chi connectivity index (χ2n) is 9.54. The number of rotatable bonds is 7. The van der Waals surface area contributed by atoms with E-state index in [1.165, 1.54) is 18.9 Å². The van der Waals surface area contributed by atoms with Crippen LogP contribution in [0.1, 0.15) is 45.8 Å². The third-order valence-corrected chi connectivity index (χ3v) is 6.81. The average molecular weight is 463 g/mol. The third-order valence-electron chi connectivity index (χ3n) is 6.81. The number of aromatic nitrogens is 3. The van der Waals surface area contributed by atoms with Gasteiger partial charge in [0, 0.05) is 63.4 Å². The minimum absolute atomic E-state index is 0. The standard InChI is InChI=1S/C26H29FN6O.H2/c1-4-6-12-31(17-26(3)9-10-26)22-7-11-28-23-20(22)8-13-33(23)25(34)30-19-14-21(27)24-29-18(5-2)15-32(24)16-19;/h1,7,11,14-16H,5-6,8-10,12-13,17H2,2-3H3,(H,30,34);1H. The van der Waals surface area contributed by atoms with Gasteiger partial charge in [-0.1, -0.05) is 13.8 Å². The summed E-state index contributed by atoms with van der Waals surface area (Å²) >= 11 is 0. The van der Waals surface area contributed by atoms with Gasteiger partial charge in [0.25, 0.3) is 0 Å². The number of carbonyl (C=O) groups excluding carboxylic acids is 1. The molecule has 1 fully saturated rings. The molecule has 0 aromatic carbocycles. The Balaban J connectivity index is 0.00000289. The van der Waals surface area contributed by atoms with Gasteiger partial charge >= 0.3 is 6.03 Å². The van der Waals surface area contributed by atoms with Crippen LogP contribution >= 0.6 is 0 Å². The maximum atomic E-state index is 14.6. The Kier molecular flexibility index (Phi) is 5.64. The van der Waals surface area contributed by atoms with Crippen LogP contribution in [0.3, 0.4) is 0 Å². The maximum Gasteiger partial charge on any atom is 0.327 e. The molecule has 178 valence electrons. The van der Waals surface area contributed by atoms with Gasteiger partial charge in [0.2, 0.25) is 0 Å². The SMILES string of the molecule is C#CCCN(CC1(C)CC1)c1ccnc2c1CCN2C(=O)Nc1cc(F)c2nc(CC)cn2c1.[HH]. The van der Waals surface area contributed by atoms with Crippen LogP contribution < -0.4 is 15.1 Å². The van der Waals surface area contributed by atoms with Crippen LogP contribution in [0.4, 0.5) is 26.4 Å². The first-order valence-corrected chi connectivity index (χ1v) is 11.8. The van der Waals surface area contributed by atoms with Gasteiger partial charge in [0.15, 0.2) is 11.5 Å². The predicted molar refractivity (Wildman–Crippen MR) is 134 cm³/mol. The molecule has 1 N–H and O–H groups in total. The van der Waals surface area contributed by atoms with Gasteiger partial charge in [-0.25, -0.2) is 19.2 Å². The molecule has 0 unspecified atom stereocenters. The van der Waals surface area contributed by atoms with Crippen LogP contribution in [0.2, 0.25) is 0 Å². The van der Waals surface area contributed by atoms with Crippen molar-refractivity contribution in [3.63, 3.8) is 0 Å². The van der Waals surface area contributed by atoms with Crippen molar-refractivity contribution in [2.75, 3.05) is 34.8 Å². The number of fused-ring (bicyclic) bond motifs is 2. The van der Waals surface area contributed by atoms with E-state index in [0.717, 1.165) is 30.0 Å². The van der Waals surface area contributed by atoms with Crippen molar-refractivity contribution < 1.29 is 10.6 Å². The molecule has 0 saturated heterocycles. The van der Waals surface area contributed by atoms with Gasteiger partial charge in [-0.2, -0.15) is 0 Å². The van der Waals surface area contributed by atoms with Gasteiger partial charge in [-0.05, 0) is 37.2 Å². The number of imidazole rings is 1. The molecule has 5 rings (SSSR count). The molecule has 4 heterocycles. The molecule has 1 saturated carbocycles. The Morgan fingerprint density at radius 2 is 2.24 bits per heavy atom. The maximum absolute atomic E-state index is 14.6. The lowest BCUT2D eigenvalue weighted by Crippen LogP contribution is -2.34. The second kappa shape index (κ2) is 8.64. The molecule has 8 heteroatoms. The van der Waals surface area contributed by atoms with E-state index in [4.69, 9.17) is 6.42 Å². The molecule has 0 atom stereocenters. The van der Waals surface area contributed by atoms with Gasteiger partial charge < -0.3 is 14.6 Å². The smallest absolute Gasteiger partial charge is 0.327 e. The van der Waals surface area contributed by atoms with Gasteiger partial charge in [-0.3, -0.25) is 4.90 Å². The number of aryl methyl sites for hydroxylation is 1. The first-order valence-electron chi connectivity index (χ1n) is 11.8. The number of carbonyl (C=O) groups is 1. The van der Waals surface area contributed by atoms with Crippen molar-refractivity contribution in [1.82, 2.24) is 14.4 Å². The minimum atomic E-state index is -0.475. The average Bonchev–Trinajstić information content (AvgIpc) is 3.22. The Morgan fingerprint density at radius 3 is 2.97 bits per heavy atom. The fourth-order valence-electron chi connectivity index (χ4n) is 4.62. The molecule has 1 aliphatic carbocycles. The van der Waals surface area contributed by atoms with Crippen LogP contribution in [0.5, 0.6) is 0 Å². The van der Waals surface area contributed by atoms with Gasteiger partial charge in [0.05, 0.1) is 11.4 Å². The highest BCUT2D eigenvalue weighted by Gasteiger charge is 2.40. The largest absolute Gasteiger partial charge is 0.370 e. The number of halogens is 1. The number of terminal acetylenes is 1. The summed E-state index contributed by atoms with van der Waals surface area (Å²) < 4.78 is 16.2. The van der Waals surface area contributed by atoms with E-state index < -0.39 is 5.82 Å². The van der Waals surface area contributed by atoms with E-state index >= 15 is 0 Å². The zero-order valence-electron chi connectivity index (χ0n) is 19.6. The number of nitrogens with zero attached hydrogens (tertiary/aromatic N) is 5. The van der Waals surface area contributed by atoms with Crippen molar-refractivity contribution in [3.8, 4) is 12.3 Å². The van der Waals surface area contributed by atoms with Gasteiger partial charge in [0.1, 0.15) is 5.82 Å². The van der Waals surface area contributed by atoms with Crippen LogP contribution in [0, 0.1) is 23.6 Å². The monoisotopic (exact) mass is 462 g/mol. The molecule has 0 spiro atoms. The summed E-state index contributed by atoms with van der Waals surface area (Å²) in [5.41, 5.74) is 3.90. The zero-order valence-corrected chi connectivity index (χ0v) is 19.6. The van der Waals surface area contributed by atoms with Crippen LogP contribution in [-0.2, 0) is 12.8 Å². The van der Waals surface area contributed by atoms with Crippen LogP contribution in [-0.4, -0.2) is 40.0 Å². The van der Waals surface area contributed by atoms with E-state index in [1.807, 2.05) is 13.0 Å². The summed E-state index contributed by atoms with van der Waals surface area (Å²) in [6.45, 7) is 6.50. The normalized spacial score (nSPS) is 15.8. The topological polar surface area (TPSA) is 65.8 Å². The van der Waals surface area contributed by atoms with E-state index in [9.17, 15) is 9.18 Å². The lowest BCUT2D eigenvalue weighted by Gasteiger charge is -2.29. The fraction of sp³-hybridized carbons (Fsp3) is 0.423. The molecular formula is C26H31FN6O. The summed E-state index contributed by atoms with van der Waals surface area (Å²) in [6.07, 6.45) is 15.3. The molecule has 3 aromatic heterocycles. The number of anilines is 3. The molecular weight excluding hydrogens is 431 g/mol. The number of amides is 2. The summed E-state index contributed by atoms with van der Waals surface area (Å²) in [5.74, 6) is 2.93. The summed E-state index contributed by atoms with van der Waals surface area (Å²) in [7, 11) is 0. The highest BCUT2D eigenvalue weighted by atomic mass is 19.1. The first-order chi connectivity index (χ1) is 16.4. The number of pyridine rings is 2. The highest BCUT2D eigenvalue weighted by molar-refractivity contribution is 6.03. The highest BCUT2D eigenvalue weighted by Crippen LogP contribution is 2.47. The second-order valence-corrected chi connectivity index (χ2v) is 9.54. The van der Waals surface area contributed by atoms with Crippen LogP contribution in [0.15, 0.2) is 30.7 Å². The first kappa shape index (κ1) is 22.2. The molecule has 34 heavy (non-hydrogen) atoms. The number of hydrogen-bond acceptors (Lipinski definition) is 4. The Bertz CT molecular complexity index is 1290. The quantitative estimate of drug-likeness (QED) is 0.507. The number of urea groups is 1. The molecule has 7 nitrogen and oxygen atoms in total. The van der Waals surface area contributed by atoms with E-state index in [1.54, 1.807) is 27.9 Å². The van der Waals surface area contributed by atoms with E-state index in [2.05, 4.69) is 33.0 Å². The Labute approximate surface area is 200 Å². The number of hydrogen-bond donors (Lipinski definition) is 1. The van der Waals surface area contributed by atoms with Crippen molar-refractivity contribution in [1.29, 1.82) is 0 Å². The molecule has 0 bridgehead atoms. The van der Waals surface area contributed by atoms with E-state index in [-0.39, 0.29) is 13.1 Å². The molecule has 1 aliphatic heterocycles. The Hall–Kier alpha value is -3.60. The van der Waals surface area contributed by atoms with Crippen molar-refractivity contribution in [3.05, 3.63) is 47.8 Å². The lowest BCUT2D eigenvalue weighted by atomic mass is 10.1. The van der Waals surface area contributed by atoms with Crippen LogP contribution in [0.25, 0.3) is 5.65 Å². The van der Waals surface area contributed by atoms with Crippen molar-refractivity contribution in [2.24, 2.45) is 5.41 Å². The minimum Gasteiger partial charge on any atom is -0.370 e. The number of nitrogens with one attached hydrogen (secondary N) is 1.